The van der Waals surface area contributed by atoms with Crippen LogP contribution in [0.5, 0.6) is 0 Å². The van der Waals surface area contributed by atoms with E-state index in [0.717, 1.165) is 0 Å². The van der Waals surface area contributed by atoms with Gasteiger partial charge in [-0.1, -0.05) is 13.8 Å². The van der Waals surface area contributed by atoms with Gasteiger partial charge in [-0.05, 0) is 6.92 Å². The molecule has 90 valence electrons. The van der Waals surface area contributed by atoms with Crippen LogP contribution in [0.25, 0.3) is 0 Å². The highest BCUT2D eigenvalue weighted by Crippen LogP contribution is 2.13. The first kappa shape index (κ1) is 16.3. The van der Waals surface area contributed by atoms with Crippen LogP contribution in [-0.4, -0.2) is 34.7 Å². The zero-order valence-corrected chi connectivity index (χ0v) is 8.55. The number of ketones is 1. The number of hydrogen-bond donors (Lipinski definition) is 2. The van der Waals surface area contributed by atoms with E-state index < -0.39 is 17.6 Å². The molecule has 0 heterocycles. The first-order chi connectivity index (χ1) is 6.45. The summed E-state index contributed by atoms with van der Waals surface area (Å²) in [6.45, 7) is 4.85. The van der Waals surface area contributed by atoms with Gasteiger partial charge in [0.15, 0.2) is 0 Å². The third kappa shape index (κ3) is 7.92. The van der Waals surface area contributed by atoms with Gasteiger partial charge in [-0.15, -0.1) is 0 Å². The predicted octanol–water partition coefficient (Wildman–Crippen LogP) is 1.23. The van der Waals surface area contributed by atoms with Gasteiger partial charge in [-0.2, -0.15) is 13.2 Å². The second-order valence-electron chi connectivity index (χ2n) is 3.40. The molecule has 0 saturated carbocycles. The number of carbonyl (C=O) groups excluding carboxylic acids is 1. The van der Waals surface area contributed by atoms with Crippen molar-refractivity contribution in [1.29, 1.82) is 0 Å². The first-order valence-electron chi connectivity index (χ1n) is 3.87. The molecule has 0 aromatic heterocycles. The molecule has 4 nitrogen and oxygen atoms in total. The number of carboxylic acids is 1. The Morgan fingerprint density at radius 2 is 1.47 bits per heavy atom. The Labute approximate surface area is 84.7 Å². The topological polar surface area (TPSA) is 74.6 Å². The molecule has 0 fully saturated rings. The van der Waals surface area contributed by atoms with Crippen molar-refractivity contribution in [3.8, 4) is 0 Å². The van der Waals surface area contributed by atoms with Crippen LogP contribution in [-0.2, 0) is 9.59 Å². The minimum absolute atomic E-state index is 0.0278. The lowest BCUT2D eigenvalue weighted by Crippen LogP contribution is -2.25. The number of halogens is 3. The fourth-order valence-corrected chi connectivity index (χ4v) is 0.111. The van der Waals surface area contributed by atoms with E-state index in [1.165, 1.54) is 6.92 Å². The van der Waals surface area contributed by atoms with Crippen molar-refractivity contribution in [2.45, 2.75) is 26.9 Å². The van der Waals surface area contributed by atoms with Gasteiger partial charge >= 0.3 is 12.1 Å². The van der Waals surface area contributed by atoms with Gasteiger partial charge in [0.05, 0.1) is 6.61 Å². The molecule has 15 heavy (non-hydrogen) atoms. The fourth-order valence-electron chi connectivity index (χ4n) is 0.111. The molecule has 0 rings (SSSR count). The van der Waals surface area contributed by atoms with E-state index in [0.29, 0.717) is 0 Å². The maximum absolute atomic E-state index is 10.6. The molecular weight excluding hydrogens is 217 g/mol. The summed E-state index contributed by atoms with van der Waals surface area (Å²) in [4.78, 5) is 19.4. The van der Waals surface area contributed by atoms with Crippen molar-refractivity contribution in [3.05, 3.63) is 0 Å². The number of aliphatic hydroxyl groups is 1. The first-order valence-corrected chi connectivity index (χ1v) is 3.87. The number of aliphatic hydroxyl groups excluding tert-OH is 1. The summed E-state index contributed by atoms with van der Waals surface area (Å²) in [7, 11) is 0. The lowest BCUT2D eigenvalue weighted by Gasteiger charge is -2.15. The van der Waals surface area contributed by atoms with E-state index in [-0.39, 0.29) is 12.4 Å². The second kappa shape index (κ2) is 5.69. The summed E-state index contributed by atoms with van der Waals surface area (Å²) in [5.74, 6) is -2.73. The van der Waals surface area contributed by atoms with Crippen molar-refractivity contribution in [2.24, 2.45) is 5.41 Å². The molecule has 0 unspecified atom stereocenters. The van der Waals surface area contributed by atoms with Crippen molar-refractivity contribution in [3.63, 3.8) is 0 Å². The highest BCUT2D eigenvalue weighted by atomic mass is 19.4. The summed E-state index contributed by atoms with van der Waals surface area (Å²) in [5.41, 5.74) is -0.542. The maximum atomic E-state index is 10.6. The van der Waals surface area contributed by atoms with Crippen LogP contribution in [0.4, 0.5) is 13.2 Å². The van der Waals surface area contributed by atoms with E-state index in [2.05, 4.69) is 0 Å². The summed E-state index contributed by atoms with van der Waals surface area (Å²) in [6.07, 6.45) is -5.08. The molecule has 0 aromatic carbocycles. The van der Waals surface area contributed by atoms with Crippen LogP contribution in [0, 0.1) is 5.41 Å². The highest BCUT2D eigenvalue weighted by Gasteiger charge is 2.38. The zero-order chi connectivity index (χ0) is 12.9. The maximum Gasteiger partial charge on any atom is 0.490 e. The second-order valence-corrected chi connectivity index (χ2v) is 3.40. The lowest BCUT2D eigenvalue weighted by molar-refractivity contribution is -0.192. The lowest BCUT2D eigenvalue weighted by atomic mass is 9.90. The van der Waals surface area contributed by atoms with Crippen molar-refractivity contribution in [2.75, 3.05) is 6.61 Å². The molecule has 0 aromatic rings. The summed E-state index contributed by atoms with van der Waals surface area (Å²) in [5, 5.41) is 15.7. The number of carbonyl (C=O) groups is 2. The Balaban J connectivity index is 0. The molecular formula is C8H13F3O4. The van der Waals surface area contributed by atoms with E-state index >= 15 is 0 Å². The molecule has 0 spiro atoms. The third-order valence-electron chi connectivity index (χ3n) is 1.59. The van der Waals surface area contributed by atoms with Crippen LogP contribution >= 0.6 is 0 Å². The van der Waals surface area contributed by atoms with Crippen molar-refractivity contribution < 1.29 is 33.0 Å². The Kier molecular flexibility index (Phi) is 6.20. The monoisotopic (exact) mass is 230 g/mol. The number of alkyl halides is 3. The minimum atomic E-state index is -5.08. The quantitative estimate of drug-likeness (QED) is 0.748. The largest absolute Gasteiger partial charge is 0.490 e. The smallest absolute Gasteiger partial charge is 0.475 e. The molecule has 0 saturated heterocycles. The van der Waals surface area contributed by atoms with Crippen LogP contribution in [0.15, 0.2) is 0 Å². The van der Waals surface area contributed by atoms with Gasteiger partial charge in [0.1, 0.15) is 5.78 Å². The van der Waals surface area contributed by atoms with Gasteiger partial charge < -0.3 is 10.2 Å². The minimum Gasteiger partial charge on any atom is -0.475 e. The van der Waals surface area contributed by atoms with E-state index in [9.17, 15) is 18.0 Å². The van der Waals surface area contributed by atoms with Gasteiger partial charge in [0.2, 0.25) is 0 Å². The van der Waals surface area contributed by atoms with Crippen LogP contribution in [0.2, 0.25) is 0 Å². The van der Waals surface area contributed by atoms with Crippen LogP contribution in [0.3, 0.4) is 0 Å². The van der Waals surface area contributed by atoms with Gasteiger partial charge in [0, 0.05) is 5.41 Å². The average molecular weight is 230 g/mol. The SMILES string of the molecule is CC(=O)C(C)(C)CO.O=C(O)C(F)(F)F. The summed E-state index contributed by atoms with van der Waals surface area (Å²) >= 11 is 0. The van der Waals surface area contributed by atoms with Gasteiger partial charge in [0.25, 0.3) is 0 Å². The Bertz CT molecular complexity index is 233. The molecule has 0 radical (unpaired) electrons. The Morgan fingerprint density at radius 1 is 1.20 bits per heavy atom. The number of aliphatic carboxylic acids is 1. The third-order valence-corrected chi connectivity index (χ3v) is 1.59. The molecule has 0 atom stereocenters. The van der Waals surface area contributed by atoms with E-state index in [1.807, 2.05) is 0 Å². The number of Topliss-reactive ketones (excluding diaryl/α,β-unsaturated/α-hetero) is 1. The molecule has 0 aliphatic heterocycles. The molecule has 0 aliphatic rings. The number of rotatable bonds is 2. The van der Waals surface area contributed by atoms with Gasteiger partial charge in [-0.3, -0.25) is 4.79 Å². The standard InChI is InChI=1S/C6H12O2.C2HF3O2/c1-5(8)6(2,3)4-7;3-2(4,5)1(6)7/h7H,4H2,1-3H3;(H,6,7). The Morgan fingerprint density at radius 3 is 1.47 bits per heavy atom. The van der Waals surface area contributed by atoms with E-state index in [4.69, 9.17) is 15.0 Å². The molecule has 0 aliphatic carbocycles. The zero-order valence-electron chi connectivity index (χ0n) is 8.55. The number of carboxylic acid groups (broad SMARTS) is 1. The fraction of sp³-hybridized carbons (Fsp3) is 0.750. The van der Waals surface area contributed by atoms with Crippen molar-refractivity contribution >= 4 is 11.8 Å². The molecule has 7 heteroatoms. The summed E-state index contributed by atoms with van der Waals surface area (Å²) in [6, 6.07) is 0. The normalized spacial score (nSPS) is 11.4. The van der Waals surface area contributed by atoms with Gasteiger partial charge in [-0.25, -0.2) is 4.79 Å². The summed E-state index contributed by atoms with van der Waals surface area (Å²) < 4.78 is 31.7. The van der Waals surface area contributed by atoms with Crippen LogP contribution in [0.1, 0.15) is 20.8 Å². The Hall–Kier alpha value is -1.11. The molecule has 0 amide bonds. The molecule has 0 bridgehead atoms. The molecule has 2 N–H and O–H groups in total. The average Bonchev–Trinajstić information content (AvgIpc) is 2.03. The highest BCUT2D eigenvalue weighted by molar-refractivity contribution is 5.81. The van der Waals surface area contributed by atoms with Crippen LogP contribution < -0.4 is 0 Å². The van der Waals surface area contributed by atoms with Crippen molar-refractivity contribution in [1.82, 2.24) is 0 Å². The number of hydrogen-bond acceptors (Lipinski definition) is 3. The predicted molar refractivity (Wildman–Crippen MR) is 45.2 cm³/mol. The van der Waals surface area contributed by atoms with E-state index in [1.54, 1.807) is 13.8 Å².